The van der Waals surface area contributed by atoms with Crippen LogP contribution in [0.5, 0.6) is 5.75 Å². The third kappa shape index (κ3) is 2.83. The molecule has 3 N–H and O–H groups in total. The van der Waals surface area contributed by atoms with Crippen LogP contribution in [0.3, 0.4) is 0 Å². The molecule has 1 heterocycles. The Bertz CT molecular complexity index is 524. The predicted octanol–water partition coefficient (Wildman–Crippen LogP) is 1.92. The molecule has 0 atom stereocenters. The third-order valence-electron chi connectivity index (χ3n) is 4.42. The molecule has 1 amide bonds. The standard InChI is InChI=1S/C16H22N2O3/c19-11-16(7-2-1-3-8-16)18-15(20)12-5-4-6-13-14(12)21-10-9-17-13/h4-6,17,19H,1-3,7-11H2,(H,18,20). The van der Waals surface area contributed by atoms with Crippen LogP contribution in [0.25, 0.3) is 0 Å². The number of para-hydroxylation sites is 1. The number of aliphatic hydroxyl groups excluding tert-OH is 1. The summed E-state index contributed by atoms with van der Waals surface area (Å²) in [6.45, 7) is 1.30. The van der Waals surface area contributed by atoms with E-state index in [1.165, 1.54) is 6.42 Å². The van der Waals surface area contributed by atoms with Crippen LogP contribution in [0, 0.1) is 0 Å². The normalized spacial score (nSPS) is 19.9. The maximum atomic E-state index is 12.6. The number of amides is 1. The lowest BCUT2D eigenvalue weighted by atomic mass is 9.82. The molecule has 1 aliphatic carbocycles. The topological polar surface area (TPSA) is 70.6 Å². The quantitative estimate of drug-likeness (QED) is 0.795. The molecule has 0 aromatic heterocycles. The Kier molecular flexibility index (Phi) is 4.01. The van der Waals surface area contributed by atoms with Crippen molar-refractivity contribution < 1.29 is 14.6 Å². The molecule has 5 nitrogen and oxygen atoms in total. The first kappa shape index (κ1) is 14.2. The highest BCUT2D eigenvalue weighted by molar-refractivity contribution is 5.99. The molecule has 0 unspecified atom stereocenters. The lowest BCUT2D eigenvalue weighted by Crippen LogP contribution is -2.52. The summed E-state index contributed by atoms with van der Waals surface area (Å²) in [7, 11) is 0. The second kappa shape index (κ2) is 5.93. The zero-order valence-electron chi connectivity index (χ0n) is 12.2. The van der Waals surface area contributed by atoms with Gasteiger partial charge in [-0.05, 0) is 25.0 Å². The molecular formula is C16H22N2O3. The second-order valence-electron chi connectivity index (χ2n) is 5.91. The van der Waals surface area contributed by atoms with Gasteiger partial charge in [0.1, 0.15) is 6.61 Å². The van der Waals surface area contributed by atoms with Crippen molar-refractivity contribution in [1.29, 1.82) is 0 Å². The predicted molar refractivity (Wildman–Crippen MR) is 80.8 cm³/mol. The largest absolute Gasteiger partial charge is 0.489 e. The minimum absolute atomic E-state index is 0.00707. The number of benzene rings is 1. The van der Waals surface area contributed by atoms with Crippen LogP contribution in [0.4, 0.5) is 5.69 Å². The molecule has 1 fully saturated rings. The van der Waals surface area contributed by atoms with Gasteiger partial charge in [0.15, 0.2) is 5.75 Å². The van der Waals surface area contributed by atoms with E-state index >= 15 is 0 Å². The smallest absolute Gasteiger partial charge is 0.255 e. The van der Waals surface area contributed by atoms with Gasteiger partial charge in [0.05, 0.1) is 23.4 Å². The van der Waals surface area contributed by atoms with E-state index in [1.807, 2.05) is 12.1 Å². The molecular weight excluding hydrogens is 268 g/mol. The van der Waals surface area contributed by atoms with Gasteiger partial charge < -0.3 is 20.5 Å². The van der Waals surface area contributed by atoms with E-state index in [-0.39, 0.29) is 12.5 Å². The monoisotopic (exact) mass is 290 g/mol. The number of anilines is 1. The van der Waals surface area contributed by atoms with Crippen molar-refractivity contribution in [2.24, 2.45) is 0 Å². The Morgan fingerprint density at radius 1 is 1.33 bits per heavy atom. The van der Waals surface area contributed by atoms with Crippen molar-refractivity contribution in [3.63, 3.8) is 0 Å². The van der Waals surface area contributed by atoms with Crippen molar-refractivity contribution >= 4 is 11.6 Å². The molecule has 1 aromatic carbocycles. The number of rotatable bonds is 3. The fourth-order valence-corrected chi connectivity index (χ4v) is 3.21. The number of hydrogen-bond acceptors (Lipinski definition) is 4. The van der Waals surface area contributed by atoms with Gasteiger partial charge in [-0.1, -0.05) is 25.3 Å². The molecule has 3 rings (SSSR count). The minimum Gasteiger partial charge on any atom is -0.489 e. The van der Waals surface area contributed by atoms with Gasteiger partial charge in [-0.3, -0.25) is 4.79 Å². The molecule has 114 valence electrons. The number of ether oxygens (including phenoxy) is 1. The van der Waals surface area contributed by atoms with Crippen molar-refractivity contribution in [3.05, 3.63) is 23.8 Å². The van der Waals surface area contributed by atoms with E-state index in [1.54, 1.807) is 6.07 Å². The average Bonchev–Trinajstić information content (AvgIpc) is 2.55. The van der Waals surface area contributed by atoms with E-state index in [2.05, 4.69) is 10.6 Å². The number of carbonyl (C=O) groups excluding carboxylic acids is 1. The van der Waals surface area contributed by atoms with Gasteiger partial charge in [-0.25, -0.2) is 0 Å². The molecule has 2 aliphatic rings. The fourth-order valence-electron chi connectivity index (χ4n) is 3.21. The van der Waals surface area contributed by atoms with Crippen molar-refractivity contribution in [1.82, 2.24) is 5.32 Å². The summed E-state index contributed by atoms with van der Waals surface area (Å²) < 4.78 is 5.65. The van der Waals surface area contributed by atoms with E-state index in [9.17, 15) is 9.90 Å². The van der Waals surface area contributed by atoms with Crippen LogP contribution in [-0.2, 0) is 0 Å². The first-order chi connectivity index (χ1) is 10.2. The summed E-state index contributed by atoms with van der Waals surface area (Å²) in [5.41, 5.74) is 0.925. The molecule has 1 aromatic rings. The highest BCUT2D eigenvalue weighted by atomic mass is 16.5. The highest BCUT2D eigenvalue weighted by Gasteiger charge is 2.34. The van der Waals surface area contributed by atoms with E-state index < -0.39 is 5.54 Å². The Balaban J connectivity index is 1.82. The third-order valence-corrected chi connectivity index (χ3v) is 4.42. The summed E-state index contributed by atoms with van der Waals surface area (Å²) in [6.07, 6.45) is 4.94. The fraction of sp³-hybridized carbons (Fsp3) is 0.562. The Morgan fingerprint density at radius 3 is 2.90 bits per heavy atom. The number of fused-ring (bicyclic) bond motifs is 1. The van der Waals surface area contributed by atoms with Crippen LogP contribution in [0.2, 0.25) is 0 Å². The minimum atomic E-state index is -0.472. The summed E-state index contributed by atoms with van der Waals surface area (Å²) in [6, 6.07) is 5.53. The molecule has 0 spiro atoms. The SMILES string of the molecule is O=C(NC1(CO)CCCCC1)c1cccc2c1OCCN2. The van der Waals surface area contributed by atoms with Crippen LogP contribution < -0.4 is 15.4 Å². The van der Waals surface area contributed by atoms with Gasteiger partial charge in [0, 0.05) is 6.54 Å². The first-order valence-electron chi connectivity index (χ1n) is 7.67. The summed E-state index contributed by atoms with van der Waals surface area (Å²) in [4.78, 5) is 12.6. The zero-order chi connectivity index (χ0) is 14.7. The lowest BCUT2D eigenvalue weighted by molar-refractivity contribution is 0.0755. The van der Waals surface area contributed by atoms with Crippen molar-refractivity contribution in [3.8, 4) is 5.75 Å². The zero-order valence-corrected chi connectivity index (χ0v) is 12.2. The molecule has 0 bridgehead atoms. The Morgan fingerprint density at radius 2 is 2.14 bits per heavy atom. The lowest BCUT2D eigenvalue weighted by Gasteiger charge is -2.36. The molecule has 5 heteroatoms. The average molecular weight is 290 g/mol. The number of nitrogens with one attached hydrogen (secondary N) is 2. The van der Waals surface area contributed by atoms with Gasteiger partial charge in [0.2, 0.25) is 0 Å². The maximum Gasteiger partial charge on any atom is 0.255 e. The van der Waals surface area contributed by atoms with Crippen LogP contribution in [0.15, 0.2) is 18.2 Å². The van der Waals surface area contributed by atoms with Gasteiger partial charge >= 0.3 is 0 Å². The van der Waals surface area contributed by atoms with Crippen LogP contribution in [-0.4, -0.2) is 36.3 Å². The number of hydrogen-bond donors (Lipinski definition) is 3. The highest BCUT2D eigenvalue weighted by Crippen LogP contribution is 2.33. The summed E-state index contributed by atoms with van der Waals surface area (Å²) in [5.74, 6) is 0.455. The van der Waals surface area contributed by atoms with Crippen molar-refractivity contribution in [2.75, 3.05) is 25.1 Å². The van der Waals surface area contributed by atoms with Gasteiger partial charge in [-0.15, -0.1) is 0 Å². The number of aliphatic hydroxyl groups is 1. The summed E-state index contributed by atoms with van der Waals surface area (Å²) >= 11 is 0. The van der Waals surface area contributed by atoms with E-state index in [0.717, 1.165) is 37.9 Å². The molecule has 21 heavy (non-hydrogen) atoms. The van der Waals surface area contributed by atoms with Crippen LogP contribution in [0.1, 0.15) is 42.5 Å². The van der Waals surface area contributed by atoms with Crippen LogP contribution >= 0.6 is 0 Å². The number of carbonyl (C=O) groups is 1. The molecule has 0 saturated heterocycles. The Hall–Kier alpha value is -1.75. The van der Waals surface area contributed by atoms with E-state index in [4.69, 9.17) is 4.74 Å². The Labute approximate surface area is 124 Å². The maximum absolute atomic E-state index is 12.6. The molecule has 1 aliphatic heterocycles. The van der Waals surface area contributed by atoms with Crippen molar-refractivity contribution in [2.45, 2.75) is 37.6 Å². The molecule has 1 saturated carbocycles. The van der Waals surface area contributed by atoms with E-state index in [0.29, 0.717) is 17.9 Å². The van der Waals surface area contributed by atoms with Gasteiger partial charge in [0.25, 0.3) is 5.91 Å². The van der Waals surface area contributed by atoms with Gasteiger partial charge in [-0.2, -0.15) is 0 Å². The second-order valence-corrected chi connectivity index (χ2v) is 5.91. The molecule has 0 radical (unpaired) electrons. The summed E-state index contributed by atoms with van der Waals surface area (Å²) in [5, 5.41) is 16.0. The first-order valence-corrected chi connectivity index (χ1v) is 7.67.